The van der Waals surface area contributed by atoms with Crippen molar-refractivity contribution in [3.8, 4) is 0 Å². The van der Waals surface area contributed by atoms with E-state index in [9.17, 15) is 14.4 Å². The zero-order valence-electron chi connectivity index (χ0n) is 12.9. The van der Waals surface area contributed by atoms with Gasteiger partial charge in [-0.2, -0.15) is 0 Å². The lowest BCUT2D eigenvalue weighted by atomic mass is 10.0. The van der Waals surface area contributed by atoms with Crippen LogP contribution in [-0.4, -0.2) is 34.6 Å². The van der Waals surface area contributed by atoms with Crippen LogP contribution in [0.3, 0.4) is 0 Å². The standard InChI is InChI=1S/C14H25NO5/c1-9(2)8-10(16)6-7-11(12(17)18)15-13(19)20-14(3,4)5/h9,11H,6-8H2,1-5H3,(H,15,19)(H,17,18)/t11-/m0/s1. The average molecular weight is 287 g/mol. The third-order valence-electron chi connectivity index (χ3n) is 2.34. The lowest BCUT2D eigenvalue weighted by Crippen LogP contribution is -2.43. The molecule has 0 spiro atoms. The minimum Gasteiger partial charge on any atom is -0.480 e. The highest BCUT2D eigenvalue weighted by Crippen LogP contribution is 2.09. The predicted octanol–water partition coefficient (Wildman–Crippen LogP) is 2.36. The van der Waals surface area contributed by atoms with Crippen LogP contribution in [0.4, 0.5) is 4.79 Å². The smallest absolute Gasteiger partial charge is 0.408 e. The number of alkyl carbamates (subject to hydrolysis) is 1. The Morgan fingerprint density at radius 2 is 1.75 bits per heavy atom. The van der Waals surface area contributed by atoms with E-state index < -0.39 is 23.7 Å². The number of carboxylic acids is 1. The Balaban J connectivity index is 4.34. The first kappa shape index (κ1) is 18.4. The number of carbonyl (C=O) groups is 3. The largest absolute Gasteiger partial charge is 0.480 e. The summed E-state index contributed by atoms with van der Waals surface area (Å²) in [5.74, 6) is -0.935. The van der Waals surface area contributed by atoms with Gasteiger partial charge in [0.1, 0.15) is 17.4 Å². The molecule has 1 amide bonds. The van der Waals surface area contributed by atoms with Crippen LogP contribution in [0, 0.1) is 5.92 Å². The Hall–Kier alpha value is -1.59. The van der Waals surface area contributed by atoms with E-state index in [1.165, 1.54) is 0 Å². The summed E-state index contributed by atoms with van der Waals surface area (Å²) in [6, 6.07) is -1.11. The number of aliphatic carboxylic acids is 1. The average Bonchev–Trinajstić information content (AvgIpc) is 2.19. The summed E-state index contributed by atoms with van der Waals surface area (Å²) in [7, 11) is 0. The van der Waals surface area contributed by atoms with E-state index in [1.54, 1.807) is 20.8 Å². The monoisotopic (exact) mass is 287 g/mol. The van der Waals surface area contributed by atoms with Gasteiger partial charge in [-0.15, -0.1) is 0 Å². The Labute approximate surface area is 119 Å². The second-order valence-electron chi connectivity index (χ2n) is 6.21. The van der Waals surface area contributed by atoms with Crippen LogP contribution in [0.5, 0.6) is 0 Å². The van der Waals surface area contributed by atoms with E-state index in [1.807, 2.05) is 13.8 Å². The van der Waals surface area contributed by atoms with Crippen LogP contribution in [0.1, 0.15) is 53.9 Å². The maximum absolute atomic E-state index is 11.6. The first-order valence-electron chi connectivity index (χ1n) is 6.75. The molecule has 0 aromatic rings. The van der Waals surface area contributed by atoms with Crippen molar-refractivity contribution in [2.24, 2.45) is 5.92 Å². The SMILES string of the molecule is CC(C)CC(=O)CC[C@H](NC(=O)OC(C)(C)C)C(=O)O. The number of hydrogen-bond donors (Lipinski definition) is 2. The molecule has 1 atom stereocenters. The third-order valence-corrected chi connectivity index (χ3v) is 2.34. The van der Waals surface area contributed by atoms with Crippen molar-refractivity contribution in [2.75, 3.05) is 0 Å². The molecule has 2 N–H and O–H groups in total. The van der Waals surface area contributed by atoms with E-state index in [0.717, 1.165) is 0 Å². The van der Waals surface area contributed by atoms with E-state index in [0.29, 0.717) is 6.42 Å². The lowest BCUT2D eigenvalue weighted by Gasteiger charge is -2.22. The summed E-state index contributed by atoms with van der Waals surface area (Å²) < 4.78 is 4.99. The van der Waals surface area contributed by atoms with Crippen molar-refractivity contribution >= 4 is 17.8 Å². The fourth-order valence-corrected chi connectivity index (χ4v) is 1.57. The normalized spacial score (nSPS) is 12.9. The molecule has 20 heavy (non-hydrogen) atoms. The van der Waals surface area contributed by atoms with Gasteiger partial charge in [-0.25, -0.2) is 9.59 Å². The van der Waals surface area contributed by atoms with Crippen molar-refractivity contribution < 1.29 is 24.2 Å². The van der Waals surface area contributed by atoms with Gasteiger partial charge in [-0.1, -0.05) is 13.8 Å². The topological polar surface area (TPSA) is 92.7 Å². The number of carbonyl (C=O) groups excluding carboxylic acids is 2. The molecule has 116 valence electrons. The summed E-state index contributed by atoms with van der Waals surface area (Å²) in [6.07, 6.45) is -0.176. The minimum atomic E-state index is -1.17. The van der Waals surface area contributed by atoms with Crippen LogP contribution in [-0.2, 0) is 14.3 Å². The second-order valence-corrected chi connectivity index (χ2v) is 6.21. The highest BCUT2D eigenvalue weighted by Gasteiger charge is 2.24. The molecule has 0 aliphatic carbocycles. The molecule has 0 bridgehead atoms. The lowest BCUT2D eigenvalue weighted by molar-refractivity contribution is -0.139. The number of hydrogen-bond acceptors (Lipinski definition) is 4. The molecular formula is C14H25NO5. The molecule has 0 fully saturated rings. The van der Waals surface area contributed by atoms with Crippen LogP contribution in [0.25, 0.3) is 0 Å². The Morgan fingerprint density at radius 1 is 1.20 bits per heavy atom. The van der Waals surface area contributed by atoms with Gasteiger partial charge in [-0.3, -0.25) is 4.79 Å². The van der Waals surface area contributed by atoms with Crippen LogP contribution >= 0.6 is 0 Å². The van der Waals surface area contributed by atoms with Gasteiger partial charge in [0.2, 0.25) is 0 Å². The first-order valence-corrected chi connectivity index (χ1v) is 6.75. The van der Waals surface area contributed by atoms with E-state index in [4.69, 9.17) is 9.84 Å². The number of amides is 1. The highest BCUT2D eigenvalue weighted by atomic mass is 16.6. The second kappa shape index (κ2) is 7.87. The Morgan fingerprint density at radius 3 is 2.15 bits per heavy atom. The number of ketones is 1. The molecule has 0 saturated carbocycles. The maximum atomic E-state index is 11.6. The summed E-state index contributed by atoms with van der Waals surface area (Å²) in [6.45, 7) is 8.91. The molecule has 0 aliphatic rings. The molecule has 6 heteroatoms. The number of Topliss-reactive ketones (excluding diaryl/α,β-unsaturated/α-hetero) is 1. The molecule has 6 nitrogen and oxygen atoms in total. The van der Waals surface area contributed by atoms with E-state index in [2.05, 4.69) is 5.32 Å². The van der Waals surface area contributed by atoms with Crippen molar-refractivity contribution in [1.82, 2.24) is 5.32 Å². The first-order chi connectivity index (χ1) is 9.01. The highest BCUT2D eigenvalue weighted by molar-refractivity contribution is 5.82. The van der Waals surface area contributed by atoms with E-state index in [-0.39, 0.29) is 24.5 Å². The Bertz CT molecular complexity index is 357. The summed E-state index contributed by atoms with van der Waals surface area (Å²) in [5, 5.41) is 11.3. The fourth-order valence-electron chi connectivity index (χ4n) is 1.57. The number of carboxylic acid groups (broad SMARTS) is 1. The van der Waals surface area contributed by atoms with Gasteiger partial charge >= 0.3 is 12.1 Å². The molecule has 0 saturated heterocycles. The van der Waals surface area contributed by atoms with Gasteiger partial charge in [0.25, 0.3) is 0 Å². The molecule has 0 rings (SSSR count). The summed E-state index contributed by atoms with van der Waals surface area (Å²) >= 11 is 0. The van der Waals surface area contributed by atoms with Crippen molar-refractivity contribution in [2.45, 2.75) is 65.5 Å². The van der Waals surface area contributed by atoms with Crippen molar-refractivity contribution in [3.05, 3.63) is 0 Å². The molecule has 0 aliphatic heterocycles. The molecule has 0 aromatic carbocycles. The fraction of sp³-hybridized carbons (Fsp3) is 0.786. The van der Waals surface area contributed by atoms with Gasteiger partial charge in [-0.05, 0) is 33.1 Å². The maximum Gasteiger partial charge on any atom is 0.408 e. The van der Waals surface area contributed by atoms with Gasteiger partial charge < -0.3 is 15.2 Å². The van der Waals surface area contributed by atoms with Crippen LogP contribution in [0.15, 0.2) is 0 Å². The number of rotatable bonds is 7. The van der Waals surface area contributed by atoms with Crippen LogP contribution in [0.2, 0.25) is 0 Å². The zero-order valence-corrected chi connectivity index (χ0v) is 12.9. The van der Waals surface area contributed by atoms with Gasteiger partial charge in [0.15, 0.2) is 0 Å². The molecule has 0 aromatic heterocycles. The van der Waals surface area contributed by atoms with Crippen molar-refractivity contribution in [3.63, 3.8) is 0 Å². The van der Waals surface area contributed by atoms with Crippen molar-refractivity contribution in [1.29, 1.82) is 0 Å². The van der Waals surface area contributed by atoms with Gasteiger partial charge in [0, 0.05) is 12.8 Å². The predicted molar refractivity (Wildman–Crippen MR) is 74.5 cm³/mol. The zero-order chi connectivity index (χ0) is 15.9. The molecule has 0 radical (unpaired) electrons. The number of ether oxygens (including phenoxy) is 1. The Kier molecular flexibility index (Phi) is 7.24. The summed E-state index contributed by atoms with van der Waals surface area (Å²) in [4.78, 5) is 34.1. The molecular weight excluding hydrogens is 262 g/mol. The number of nitrogens with one attached hydrogen (secondary N) is 1. The minimum absolute atomic E-state index is 0.00256. The van der Waals surface area contributed by atoms with Gasteiger partial charge in [0.05, 0.1) is 0 Å². The van der Waals surface area contributed by atoms with Crippen LogP contribution < -0.4 is 5.32 Å². The summed E-state index contributed by atoms with van der Waals surface area (Å²) in [5.41, 5.74) is -0.694. The quantitative estimate of drug-likeness (QED) is 0.749. The third kappa shape index (κ3) is 9.35. The molecule has 0 unspecified atom stereocenters. The van der Waals surface area contributed by atoms with E-state index >= 15 is 0 Å². The molecule has 0 heterocycles.